The van der Waals surface area contributed by atoms with Gasteiger partial charge in [-0.2, -0.15) is 0 Å². The number of nitrogens with one attached hydrogen (secondary N) is 1. The minimum atomic E-state index is -3.82. The zero-order chi connectivity index (χ0) is 20.3. The number of amides is 1. The van der Waals surface area contributed by atoms with Crippen molar-refractivity contribution in [1.82, 2.24) is 9.55 Å². The molecule has 3 rings (SSSR count). The van der Waals surface area contributed by atoms with E-state index in [2.05, 4.69) is 14.9 Å². The Morgan fingerprint density at radius 2 is 2.21 bits per heavy atom. The number of aromatic nitrogens is 2. The summed E-state index contributed by atoms with van der Waals surface area (Å²) in [6, 6.07) is 5.87. The van der Waals surface area contributed by atoms with Crippen LogP contribution in [0.2, 0.25) is 0 Å². The molecule has 1 aliphatic rings. The Hall–Kier alpha value is -1.88. The molecule has 1 aromatic carbocycles. The molecule has 1 saturated heterocycles. The van der Waals surface area contributed by atoms with Gasteiger partial charge in [-0.25, -0.2) is 18.5 Å². The summed E-state index contributed by atoms with van der Waals surface area (Å²) in [5.74, 6) is -0.0976. The second-order valence-electron chi connectivity index (χ2n) is 6.72. The molecule has 3 N–H and O–H groups in total. The van der Waals surface area contributed by atoms with Crippen LogP contribution in [0, 0.1) is 13.8 Å². The maximum absolute atomic E-state index is 12.3. The van der Waals surface area contributed by atoms with Gasteiger partial charge in [-0.15, -0.1) is 0 Å². The largest absolute Gasteiger partial charge is 0.376 e. The number of ether oxygens (including phenoxy) is 1. The fourth-order valence-electron chi connectivity index (χ4n) is 3.02. The van der Waals surface area contributed by atoms with Crippen LogP contribution in [0.25, 0.3) is 0 Å². The van der Waals surface area contributed by atoms with Crippen molar-refractivity contribution in [1.29, 1.82) is 0 Å². The molecule has 1 amide bonds. The molecular formula is C18H24N4O4S2. The smallest absolute Gasteiger partial charge is 0.238 e. The third kappa shape index (κ3) is 5.13. The van der Waals surface area contributed by atoms with E-state index < -0.39 is 10.0 Å². The summed E-state index contributed by atoms with van der Waals surface area (Å²) in [5, 5.41) is 8.60. The number of primary sulfonamides is 1. The highest BCUT2D eigenvalue weighted by Gasteiger charge is 2.21. The Kier molecular flexibility index (Phi) is 6.43. The lowest BCUT2D eigenvalue weighted by Crippen LogP contribution is -2.18. The normalized spacial score (nSPS) is 17.0. The van der Waals surface area contributed by atoms with Gasteiger partial charge in [-0.05, 0) is 44.9 Å². The Morgan fingerprint density at radius 1 is 1.43 bits per heavy atom. The van der Waals surface area contributed by atoms with Crippen molar-refractivity contribution in [2.24, 2.45) is 5.14 Å². The molecule has 1 aromatic heterocycles. The number of nitrogens with two attached hydrogens (primary N) is 1. The van der Waals surface area contributed by atoms with Crippen LogP contribution in [0.1, 0.15) is 24.2 Å². The number of sulfonamides is 1. The predicted molar refractivity (Wildman–Crippen MR) is 108 cm³/mol. The minimum absolute atomic E-state index is 0.0451. The molecule has 1 aliphatic heterocycles. The van der Waals surface area contributed by atoms with Crippen LogP contribution in [0.5, 0.6) is 0 Å². The Bertz CT molecular complexity index is 966. The maximum Gasteiger partial charge on any atom is 0.238 e. The quantitative estimate of drug-likeness (QED) is 0.657. The Balaban J connectivity index is 1.64. The van der Waals surface area contributed by atoms with Crippen LogP contribution in [-0.4, -0.2) is 42.3 Å². The molecule has 8 nitrogen and oxygen atoms in total. The molecule has 0 bridgehead atoms. The van der Waals surface area contributed by atoms with Gasteiger partial charge in [0.15, 0.2) is 5.16 Å². The number of hydrogen-bond donors (Lipinski definition) is 2. The lowest BCUT2D eigenvalue weighted by Gasteiger charge is -2.14. The summed E-state index contributed by atoms with van der Waals surface area (Å²) >= 11 is 1.34. The zero-order valence-electron chi connectivity index (χ0n) is 15.8. The minimum Gasteiger partial charge on any atom is -0.376 e. The third-order valence-electron chi connectivity index (χ3n) is 4.61. The molecule has 1 atom stereocenters. The molecule has 2 aromatic rings. The van der Waals surface area contributed by atoms with E-state index in [9.17, 15) is 13.2 Å². The highest BCUT2D eigenvalue weighted by Crippen LogP contribution is 2.24. The zero-order valence-corrected chi connectivity index (χ0v) is 17.5. The van der Waals surface area contributed by atoms with Gasteiger partial charge < -0.3 is 14.6 Å². The van der Waals surface area contributed by atoms with Gasteiger partial charge in [0.2, 0.25) is 15.9 Å². The third-order valence-corrected chi connectivity index (χ3v) is 6.50. The average molecular weight is 425 g/mol. The Morgan fingerprint density at radius 3 is 2.89 bits per heavy atom. The lowest BCUT2D eigenvalue weighted by atomic mass is 10.2. The molecule has 28 heavy (non-hydrogen) atoms. The number of nitrogens with zero attached hydrogens (tertiary/aromatic N) is 2. The van der Waals surface area contributed by atoms with E-state index in [0.29, 0.717) is 5.69 Å². The van der Waals surface area contributed by atoms with E-state index in [-0.39, 0.29) is 22.7 Å². The molecule has 0 aliphatic carbocycles. The highest BCUT2D eigenvalue weighted by molar-refractivity contribution is 7.99. The number of anilines is 1. The van der Waals surface area contributed by atoms with E-state index in [1.54, 1.807) is 6.07 Å². The van der Waals surface area contributed by atoms with Crippen molar-refractivity contribution < 1.29 is 17.9 Å². The molecule has 0 saturated carbocycles. The summed E-state index contributed by atoms with van der Waals surface area (Å²) in [5.41, 5.74) is 2.38. The molecule has 10 heteroatoms. The maximum atomic E-state index is 12.3. The van der Waals surface area contributed by atoms with Gasteiger partial charge in [-0.1, -0.05) is 17.8 Å². The number of carbonyl (C=O) groups is 1. The van der Waals surface area contributed by atoms with Crippen LogP contribution in [-0.2, 0) is 26.1 Å². The summed E-state index contributed by atoms with van der Waals surface area (Å²) in [6.45, 7) is 5.48. The summed E-state index contributed by atoms with van der Waals surface area (Å²) in [6.07, 6.45) is 2.28. The summed E-state index contributed by atoms with van der Waals surface area (Å²) in [7, 11) is -3.82. The number of carbonyl (C=O) groups excluding carboxylic acids is 1. The number of hydrogen-bond acceptors (Lipinski definition) is 6. The lowest BCUT2D eigenvalue weighted by molar-refractivity contribution is -0.113. The van der Waals surface area contributed by atoms with Crippen LogP contribution in [0.3, 0.4) is 0 Å². The van der Waals surface area contributed by atoms with Crippen molar-refractivity contribution in [3.05, 3.63) is 35.7 Å². The van der Waals surface area contributed by atoms with E-state index in [1.807, 2.05) is 13.8 Å². The SMILES string of the molecule is Cc1nc(SCC(=O)Nc2cccc(S(N)(=O)=O)c2)n(C[C@H]2CCCO2)c1C. The van der Waals surface area contributed by atoms with Crippen LogP contribution >= 0.6 is 11.8 Å². The number of rotatable bonds is 7. The first-order valence-electron chi connectivity index (χ1n) is 8.95. The molecule has 1 fully saturated rings. The predicted octanol–water partition coefficient (Wildman–Crippen LogP) is 2.06. The summed E-state index contributed by atoms with van der Waals surface area (Å²) in [4.78, 5) is 16.8. The second-order valence-corrected chi connectivity index (χ2v) is 9.22. The average Bonchev–Trinajstić information content (AvgIpc) is 3.23. The molecule has 0 unspecified atom stereocenters. The Labute approximate surface area is 168 Å². The standard InChI is InChI=1S/C18H24N4O4S2/c1-12-13(2)22(10-15-6-4-8-26-15)18(20-12)27-11-17(23)21-14-5-3-7-16(9-14)28(19,24)25/h3,5,7,9,15H,4,6,8,10-11H2,1-2H3,(H,21,23)(H2,19,24,25)/t15-/m1/s1. The second kappa shape index (κ2) is 8.64. The first-order chi connectivity index (χ1) is 13.2. The monoisotopic (exact) mass is 424 g/mol. The van der Waals surface area contributed by atoms with Crippen LogP contribution in [0.15, 0.2) is 34.3 Å². The van der Waals surface area contributed by atoms with Gasteiger partial charge >= 0.3 is 0 Å². The van der Waals surface area contributed by atoms with E-state index >= 15 is 0 Å². The van der Waals surface area contributed by atoms with E-state index in [0.717, 1.165) is 42.5 Å². The van der Waals surface area contributed by atoms with Crippen molar-refractivity contribution in [3.8, 4) is 0 Å². The topological polar surface area (TPSA) is 116 Å². The molecular weight excluding hydrogens is 400 g/mol. The molecule has 0 spiro atoms. The molecule has 0 radical (unpaired) electrons. The van der Waals surface area contributed by atoms with Gasteiger partial charge in [0.25, 0.3) is 0 Å². The number of thioether (sulfide) groups is 1. The first-order valence-corrected chi connectivity index (χ1v) is 11.5. The van der Waals surface area contributed by atoms with Crippen molar-refractivity contribution in [3.63, 3.8) is 0 Å². The number of aryl methyl sites for hydroxylation is 1. The van der Waals surface area contributed by atoms with Gasteiger partial charge in [-0.3, -0.25) is 4.79 Å². The number of imidazole rings is 1. The number of benzene rings is 1. The molecule has 152 valence electrons. The van der Waals surface area contributed by atoms with Crippen LogP contribution in [0.4, 0.5) is 5.69 Å². The van der Waals surface area contributed by atoms with Gasteiger partial charge in [0.05, 0.1) is 29.0 Å². The first kappa shape index (κ1) is 20.8. The highest BCUT2D eigenvalue weighted by atomic mass is 32.2. The molecule has 2 heterocycles. The van der Waals surface area contributed by atoms with Gasteiger partial charge in [0.1, 0.15) is 0 Å². The van der Waals surface area contributed by atoms with Crippen LogP contribution < -0.4 is 10.5 Å². The fraction of sp³-hybridized carbons (Fsp3) is 0.444. The van der Waals surface area contributed by atoms with Crippen molar-refractivity contribution in [2.45, 2.75) is 49.4 Å². The van der Waals surface area contributed by atoms with E-state index in [1.165, 1.54) is 30.0 Å². The van der Waals surface area contributed by atoms with E-state index in [4.69, 9.17) is 9.88 Å². The van der Waals surface area contributed by atoms with Gasteiger partial charge in [0, 0.05) is 18.0 Å². The fourth-order valence-corrected chi connectivity index (χ4v) is 4.48. The summed E-state index contributed by atoms with van der Waals surface area (Å²) < 4.78 is 30.7. The van der Waals surface area contributed by atoms with Crippen molar-refractivity contribution in [2.75, 3.05) is 17.7 Å². The van der Waals surface area contributed by atoms with Crippen molar-refractivity contribution >= 4 is 33.4 Å².